The van der Waals surface area contributed by atoms with E-state index in [4.69, 9.17) is 7.48 Å². The molecule has 1 aromatic rings. The zero-order chi connectivity index (χ0) is 11.6. The molecule has 0 bridgehead atoms. The molecule has 14 heavy (non-hydrogen) atoms. The minimum atomic E-state index is -1.78. The third-order valence-corrected chi connectivity index (χ3v) is 2.14. The maximum absolute atomic E-state index is 9.46. The summed E-state index contributed by atoms with van der Waals surface area (Å²) in [4.78, 5) is 0. The van der Waals surface area contributed by atoms with Crippen molar-refractivity contribution in [2.75, 3.05) is 0 Å². The van der Waals surface area contributed by atoms with Gasteiger partial charge < -0.3 is 9.84 Å². The van der Waals surface area contributed by atoms with Gasteiger partial charge in [-0.1, -0.05) is 42.5 Å². The van der Waals surface area contributed by atoms with Gasteiger partial charge in [-0.15, -0.1) is 0 Å². The van der Waals surface area contributed by atoms with Gasteiger partial charge in [0.15, 0.2) is 0 Å². The molecule has 1 aromatic carbocycles. The molecule has 2 nitrogen and oxygen atoms in total. The number of benzene rings is 1. The van der Waals surface area contributed by atoms with Crippen molar-refractivity contribution in [3.05, 3.63) is 48.0 Å². The second kappa shape index (κ2) is 4.40. The molecule has 0 aliphatic heterocycles. The summed E-state index contributed by atoms with van der Waals surface area (Å²) in [7, 11) is 0. The van der Waals surface area contributed by atoms with Crippen molar-refractivity contribution in [3.8, 4) is 0 Å². The Labute approximate surface area is 86.6 Å². The van der Waals surface area contributed by atoms with Crippen molar-refractivity contribution >= 4 is 0 Å². The van der Waals surface area contributed by atoms with Crippen molar-refractivity contribution in [3.63, 3.8) is 0 Å². The lowest BCUT2D eigenvalue weighted by Gasteiger charge is -2.10. The van der Waals surface area contributed by atoms with E-state index in [1.807, 2.05) is 30.3 Å². The topological polar surface area (TPSA) is 29.5 Å². The van der Waals surface area contributed by atoms with Crippen LogP contribution in [0.5, 0.6) is 0 Å². The molecule has 1 N–H and O–H groups in total. The Kier molecular flexibility index (Phi) is 2.26. The minimum absolute atomic E-state index is 0.0782. The highest BCUT2D eigenvalue weighted by Gasteiger charge is 2.16. The maximum atomic E-state index is 9.46. The van der Waals surface area contributed by atoms with E-state index in [1.54, 1.807) is 0 Å². The summed E-state index contributed by atoms with van der Waals surface area (Å²) in [5, 5.41) is 9.46. The number of hydrogen-bond donors (Lipinski definition) is 1. The van der Waals surface area contributed by atoms with Crippen LogP contribution in [0.25, 0.3) is 0 Å². The van der Waals surface area contributed by atoms with Crippen LogP contribution in [0.4, 0.5) is 0 Å². The molecule has 0 spiro atoms. The quantitative estimate of drug-likeness (QED) is 0.741. The SMILES string of the molecule is [2H]C1=C[C@H](OCc2ccccc2)C[C@]1([2H])O. The van der Waals surface area contributed by atoms with E-state index in [-0.39, 0.29) is 18.6 Å². The lowest BCUT2D eigenvalue weighted by molar-refractivity contribution is 0.0528. The van der Waals surface area contributed by atoms with Crippen LogP contribution in [0.2, 0.25) is 0 Å². The zero-order valence-electron chi connectivity index (χ0n) is 9.81. The average Bonchev–Trinajstić information content (AvgIpc) is 2.52. The molecule has 0 saturated heterocycles. The smallest absolute Gasteiger partial charge is 0.0789 e. The van der Waals surface area contributed by atoms with Gasteiger partial charge in [0.05, 0.1) is 21.5 Å². The molecule has 1 aliphatic carbocycles. The highest BCUT2D eigenvalue weighted by atomic mass is 16.5. The third-order valence-electron chi connectivity index (χ3n) is 2.14. The predicted octanol–water partition coefficient (Wildman–Crippen LogP) is 1.89. The number of ether oxygens (including phenoxy) is 1. The van der Waals surface area contributed by atoms with Gasteiger partial charge in [-0.3, -0.25) is 0 Å². The normalized spacial score (nSPS) is 33.5. The summed E-state index contributed by atoms with van der Waals surface area (Å²) in [5.74, 6) is 0. The van der Waals surface area contributed by atoms with Crippen molar-refractivity contribution in [1.29, 1.82) is 0 Å². The maximum Gasteiger partial charge on any atom is 0.0789 e. The molecule has 0 saturated carbocycles. The summed E-state index contributed by atoms with van der Waals surface area (Å²) in [6, 6.07) is 9.62. The van der Waals surface area contributed by atoms with E-state index in [9.17, 15) is 5.11 Å². The monoisotopic (exact) mass is 192 g/mol. The van der Waals surface area contributed by atoms with Gasteiger partial charge in [-0.05, 0) is 5.56 Å². The first-order valence-electron chi connectivity index (χ1n) is 5.65. The molecular formula is C12H14O2. The van der Waals surface area contributed by atoms with Gasteiger partial charge in [0.25, 0.3) is 0 Å². The second-order valence-corrected chi connectivity index (χ2v) is 3.30. The van der Waals surface area contributed by atoms with Crippen LogP contribution in [0.15, 0.2) is 42.5 Å². The molecule has 2 rings (SSSR count). The Bertz CT molecular complexity index is 387. The van der Waals surface area contributed by atoms with Gasteiger partial charge in [-0.2, -0.15) is 0 Å². The van der Waals surface area contributed by atoms with E-state index in [1.165, 1.54) is 6.08 Å². The van der Waals surface area contributed by atoms with Gasteiger partial charge in [-0.25, -0.2) is 0 Å². The number of hydrogen-bond acceptors (Lipinski definition) is 2. The zero-order valence-corrected chi connectivity index (χ0v) is 7.81. The molecule has 0 amide bonds. The summed E-state index contributed by atoms with van der Waals surface area (Å²) >= 11 is 0. The van der Waals surface area contributed by atoms with Crippen molar-refractivity contribution < 1.29 is 12.6 Å². The molecule has 0 unspecified atom stereocenters. The van der Waals surface area contributed by atoms with E-state index in [2.05, 4.69) is 0 Å². The lowest BCUT2D eigenvalue weighted by Crippen LogP contribution is -2.10. The van der Waals surface area contributed by atoms with Crippen LogP contribution in [0.3, 0.4) is 0 Å². The second-order valence-electron chi connectivity index (χ2n) is 3.30. The van der Waals surface area contributed by atoms with Gasteiger partial charge in [0, 0.05) is 6.42 Å². The number of aliphatic hydroxyl groups is 1. The van der Waals surface area contributed by atoms with Crippen LogP contribution < -0.4 is 0 Å². The Hall–Kier alpha value is -1.12. The summed E-state index contributed by atoms with van der Waals surface area (Å²) in [6.07, 6.45) is -0.481. The standard InChI is InChI=1S/C12H14O2/c13-11-6-7-12(8-11)14-9-10-4-2-1-3-5-10/h1-7,11-13H,8-9H2/t11-,12+/m1/s1/i6D,11D. The van der Waals surface area contributed by atoms with Crippen LogP contribution >= 0.6 is 0 Å². The fourth-order valence-corrected chi connectivity index (χ4v) is 1.38. The first kappa shape index (κ1) is 7.21. The minimum Gasteiger partial charge on any atom is -0.389 e. The van der Waals surface area contributed by atoms with E-state index < -0.39 is 6.08 Å². The molecular weight excluding hydrogens is 176 g/mol. The van der Waals surface area contributed by atoms with E-state index in [0.717, 1.165) is 5.56 Å². The highest BCUT2D eigenvalue weighted by Crippen LogP contribution is 2.15. The fourth-order valence-electron chi connectivity index (χ4n) is 1.38. The van der Waals surface area contributed by atoms with Gasteiger partial charge in [0.2, 0.25) is 0 Å². The first-order chi connectivity index (χ1) is 7.58. The Morgan fingerprint density at radius 2 is 2.29 bits per heavy atom. The molecule has 0 aromatic heterocycles. The molecule has 0 radical (unpaired) electrons. The Morgan fingerprint density at radius 1 is 1.50 bits per heavy atom. The third kappa shape index (κ3) is 2.44. The summed E-state index contributed by atoms with van der Waals surface area (Å²) < 4.78 is 20.3. The fraction of sp³-hybridized carbons (Fsp3) is 0.333. The van der Waals surface area contributed by atoms with E-state index >= 15 is 0 Å². The van der Waals surface area contributed by atoms with Crippen LogP contribution in [-0.2, 0) is 11.3 Å². The number of rotatable bonds is 3. The first-order valence-corrected chi connectivity index (χ1v) is 4.65. The van der Waals surface area contributed by atoms with Crippen molar-refractivity contribution in [1.82, 2.24) is 0 Å². The summed E-state index contributed by atoms with van der Waals surface area (Å²) in [6.45, 7) is 0.436. The molecule has 2 atom stereocenters. The Morgan fingerprint density at radius 3 is 2.93 bits per heavy atom. The van der Waals surface area contributed by atoms with Crippen LogP contribution in [0, 0.1) is 0 Å². The van der Waals surface area contributed by atoms with Crippen molar-refractivity contribution in [2.45, 2.75) is 25.2 Å². The largest absolute Gasteiger partial charge is 0.389 e. The van der Waals surface area contributed by atoms with Crippen LogP contribution in [-0.4, -0.2) is 17.3 Å². The average molecular weight is 192 g/mol. The van der Waals surface area contributed by atoms with Crippen molar-refractivity contribution in [2.24, 2.45) is 0 Å². The lowest BCUT2D eigenvalue weighted by atomic mass is 10.2. The predicted molar refractivity (Wildman–Crippen MR) is 54.8 cm³/mol. The summed E-state index contributed by atoms with van der Waals surface area (Å²) in [5.41, 5.74) is 1.04. The molecule has 1 aliphatic rings. The van der Waals surface area contributed by atoms with Gasteiger partial charge in [0.1, 0.15) is 0 Å². The molecule has 0 fully saturated rings. The highest BCUT2D eigenvalue weighted by molar-refractivity contribution is 5.14. The molecule has 0 heterocycles. The van der Waals surface area contributed by atoms with E-state index in [0.29, 0.717) is 6.61 Å². The van der Waals surface area contributed by atoms with Crippen LogP contribution in [0.1, 0.15) is 14.7 Å². The Balaban J connectivity index is 1.90. The molecule has 2 heteroatoms. The molecule has 74 valence electrons. The van der Waals surface area contributed by atoms with Gasteiger partial charge >= 0.3 is 0 Å².